The number of amides is 1. The quantitative estimate of drug-likeness (QED) is 0.574. The molecule has 0 aliphatic carbocycles. The molecule has 25 heavy (non-hydrogen) atoms. The highest BCUT2D eigenvalue weighted by Crippen LogP contribution is 2.20. The van der Waals surface area contributed by atoms with Crippen molar-refractivity contribution in [2.45, 2.75) is 78.7 Å². The van der Waals surface area contributed by atoms with Gasteiger partial charge in [0.25, 0.3) is 0 Å². The Hall–Kier alpha value is -1.88. The number of nitrogens with zero attached hydrogens (tertiary/aromatic N) is 1. The Morgan fingerprint density at radius 3 is 2.20 bits per heavy atom. The lowest BCUT2D eigenvalue weighted by atomic mass is 10.1. The monoisotopic (exact) mass is 349 g/mol. The van der Waals surface area contributed by atoms with E-state index in [0.29, 0.717) is 12.0 Å². The SMILES string of the molecule is CCCC(CC(=O)N(C(C)C)C(C)(C)O)OC(=O)c1ccc(C)cc1. The zero-order valence-electron chi connectivity index (χ0n) is 16.2. The van der Waals surface area contributed by atoms with E-state index < -0.39 is 17.8 Å². The first-order valence-electron chi connectivity index (χ1n) is 8.88. The standard InChI is InChI=1S/C20H31NO4/c1-7-8-17(13-18(22)21(14(2)3)20(5,6)24)25-19(23)16-11-9-15(4)10-12-16/h9-12,14,17,24H,7-8,13H2,1-6H3. The summed E-state index contributed by atoms with van der Waals surface area (Å²) in [4.78, 5) is 26.4. The summed E-state index contributed by atoms with van der Waals surface area (Å²) in [6.45, 7) is 10.8. The maximum Gasteiger partial charge on any atom is 0.338 e. The summed E-state index contributed by atoms with van der Waals surface area (Å²) in [7, 11) is 0. The minimum Gasteiger partial charge on any atom is -0.458 e. The van der Waals surface area contributed by atoms with Gasteiger partial charge in [0.15, 0.2) is 0 Å². The average Bonchev–Trinajstić information content (AvgIpc) is 2.45. The Morgan fingerprint density at radius 2 is 1.76 bits per heavy atom. The van der Waals surface area contributed by atoms with Gasteiger partial charge in [-0.15, -0.1) is 0 Å². The Bertz CT molecular complexity index is 572. The van der Waals surface area contributed by atoms with Crippen LogP contribution in [0, 0.1) is 6.92 Å². The highest BCUT2D eigenvalue weighted by atomic mass is 16.5. The van der Waals surface area contributed by atoms with E-state index in [1.807, 2.05) is 39.8 Å². The lowest BCUT2D eigenvalue weighted by Gasteiger charge is -2.38. The Morgan fingerprint density at radius 1 is 1.20 bits per heavy atom. The van der Waals surface area contributed by atoms with Crippen molar-refractivity contribution in [2.75, 3.05) is 0 Å². The van der Waals surface area contributed by atoms with Crippen molar-refractivity contribution < 1.29 is 19.4 Å². The number of carbonyl (C=O) groups excluding carboxylic acids is 2. The summed E-state index contributed by atoms with van der Waals surface area (Å²) in [6.07, 6.45) is 0.952. The van der Waals surface area contributed by atoms with Gasteiger partial charge in [0, 0.05) is 6.04 Å². The predicted molar refractivity (Wildman–Crippen MR) is 98.2 cm³/mol. The Labute approximate surface area is 151 Å². The molecule has 0 fully saturated rings. The van der Waals surface area contributed by atoms with Gasteiger partial charge >= 0.3 is 5.97 Å². The number of aryl methyl sites for hydroxylation is 1. The Kier molecular flexibility index (Phi) is 7.61. The molecule has 140 valence electrons. The van der Waals surface area contributed by atoms with Crippen LogP contribution < -0.4 is 0 Å². The van der Waals surface area contributed by atoms with Crippen molar-refractivity contribution >= 4 is 11.9 Å². The van der Waals surface area contributed by atoms with Crippen LogP contribution in [0.2, 0.25) is 0 Å². The molecule has 1 atom stereocenters. The molecule has 1 N–H and O–H groups in total. The van der Waals surface area contributed by atoms with Crippen molar-refractivity contribution in [1.82, 2.24) is 4.90 Å². The molecule has 0 spiro atoms. The molecule has 0 saturated heterocycles. The van der Waals surface area contributed by atoms with E-state index >= 15 is 0 Å². The number of hydrogen-bond donors (Lipinski definition) is 1. The topological polar surface area (TPSA) is 66.8 Å². The fourth-order valence-electron chi connectivity index (χ4n) is 2.95. The number of ether oxygens (including phenoxy) is 1. The molecule has 5 nitrogen and oxygen atoms in total. The van der Waals surface area contributed by atoms with Crippen molar-refractivity contribution in [3.63, 3.8) is 0 Å². The average molecular weight is 349 g/mol. The van der Waals surface area contributed by atoms with Gasteiger partial charge < -0.3 is 14.7 Å². The smallest absolute Gasteiger partial charge is 0.338 e. The number of carbonyl (C=O) groups is 2. The van der Waals surface area contributed by atoms with Crippen LogP contribution in [0.25, 0.3) is 0 Å². The van der Waals surface area contributed by atoms with Crippen LogP contribution in [0.1, 0.15) is 69.8 Å². The van der Waals surface area contributed by atoms with Gasteiger partial charge in [-0.3, -0.25) is 4.79 Å². The van der Waals surface area contributed by atoms with Gasteiger partial charge in [0.05, 0.1) is 12.0 Å². The summed E-state index contributed by atoms with van der Waals surface area (Å²) in [6, 6.07) is 7.00. The van der Waals surface area contributed by atoms with Crippen molar-refractivity contribution in [3.05, 3.63) is 35.4 Å². The van der Waals surface area contributed by atoms with Gasteiger partial charge in [-0.1, -0.05) is 31.0 Å². The van der Waals surface area contributed by atoms with Crippen LogP contribution in [-0.4, -0.2) is 39.8 Å². The van der Waals surface area contributed by atoms with E-state index in [9.17, 15) is 14.7 Å². The lowest BCUT2D eigenvalue weighted by Crippen LogP contribution is -2.52. The van der Waals surface area contributed by atoms with Crippen LogP contribution in [-0.2, 0) is 9.53 Å². The van der Waals surface area contributed by atoms with Crippen LogP contribution >= 0.6 is 0 Å². The molecule has 5 heteroatoms. The second-order valence-corrected chi connectivity index (χ2v) is 7.24. The van der Waals surface area contributed by atoms with E-state index in [1.54, 1.807) is 26.0 Å². The highest BCUT2D eigenvalue weighted by Gasteiger charge is 2.32. The van der Waals surface area contributed by atoms with Gasteiger partial charge in [-0.05, 0) is 53.2 Å². The minimum atomic E-state index is -1.26. The zero-order valence-corrected chi connectivity index (χ0v) is 16.2. The number of esters is 1. The van der Waals surface area contributed by atoms with E-state index in [2.05, 4.69) is 0 Å². The number of hydrogen-bond acceptors (Lipinski definition) is 4. The van der Waals surface area contributed by atoms with Crippen LogP contribution in [0.5, 0.6) is 0 Å². The largest absolute Gasteiger partial charge is 0.458 e. The molecule has 0 heterocycles. The number of rotatable bonds is 8. The summed E-state index contributed by atoms with van der Waals surface area (Å²) in [5, 5.41) is 10.2. The van der Waals surface area contributed by atoms with E-state index in [0.717, 1.165) is 12.0 Å². The van der Waals surface area contributed by atoms with Gasteiger partial charge in [0.2, 0.25) is 5.91 Å². The molecule has 1 unspecified atom stereocenters. The van der Waals surface area contributed by atoms with Crippen LogP contribution in [0.15, 0.2) is 24.3 Å². The first-order chi connectivity index (χ1) is 11.6. The van der Waals surface area contributed by atoms with Gasteiger partial charge in [-0.25, -0.2) is 4.79 Å². The predicted octanol–water partition coefficient (Wildman–Crippen LogP) is 3.68. The second kappa shape index (κ2) is 8.99. The van der Waals surface area contributed by atoms with Crippen molar-refractivity contribution in [2.24, 2.45) is 0 Å². The lowest BCUT2D eigenvalue weighted by molar-refractivity contribution is -0.160. The molecule has 1 amide bonds. The number of aliphatic hydroxyl groups is 1. The van der Waals surface area contributed by atoms with Gasteiger partial charge in [0.1, 0.15) is 11.8 Å². The van der Waals surface area contributed by atoms with E-state index in [-0.39, 0.29) is 18.4 Å². The molecule has 0 radical (unpaired) electrons. The fraction of sp³-hybridized carbons (Fsp3) is 0.600. The molecule has 0 aliphatic heterocycles. The van der Waals surface area contributed by atoms with Crippen molar-refractivity contribution in [3.8, 4) is 0 Å². The Balaban J connectivity index is 2.83. The summed E-state index contributed by atoms with van der Waals surface area (Å²) in [5.41, 5.74) is 0.278. The maximum absolute atomic E-state index is 12.7. The van der Waals surface area contributed by atoms with Crippen LogP contribution in [0.4, 0.5) is 0 Å². The third kappa shape index (κ3) is 6.50. The molecule has 0 aromatic heterocycles. The minimum absolute atomic E-state index is 0.0631. The number of benzene rings is 1. The van der Waals surface area contributed by atoms with Crippen molar-refractivity contribution in [1.29, 1.82) is 0 Å². The normalized spacial score (nSPS) is 12.8. The molecule has 0 saturated carbocycles. The maximum atomic E-state index is 12.7. The second-order valence-electron chi connectivity index (χ2n) is 7.24. The molecule has 1 rings (SSSR count). The zero-order chi connectivity index (χ0) is 19.2. The third-order valence-corrected chi connectivity index (χ3v) is 3.95. The summed E-state index contributed by atoms with van der Waals surface area (Å²) < 4.78 is 5.56. The third-order valence-electron chi connectivity index (χ3n) is 3.95. The van der Waals surface area contributed by atoms with E-state index in [1.165, 1.54) is 4.90 Å². The molecular formula is C20H31NO4. The molecule has 0 bridgehead atoms. The first-order valence-corrected chi connectivity index (χ1v) is 8.88. The summed E-state index contributed by atoms with van der Waals surface area (Å²) >= 11 is 0. The first kappa shape index (κ1) is 21.2. The highest BCUT2D eigenvalue weighted by molar-refractivity contribution is 5.89. The van der Waals surface area contributed by atoms with Gasteiger partial charge in [-0.2, -0.15) is 0 Å². The van der Waals surface area contributed by atoms with E-state index in [4.69, 9.17) is 4.74 Å². The fourth-order valence-corrected chi connectivity index (χ4v) is 2.95. The molecule has 1 aromatic rings. The molecular weight excluding hydrogens is 318 g/mol. The molecule has 1 aromatic carbocycles. The van der Waals surface area contributed by atoms with Crippen LogP contribution in [0.3, 0.4) is 0 Å². The molecule has 0 aliphatic rings. The summed E-state index contributed by atoms with van der Waals surface area (Å²) in [5.74, 6) is -0.650.